The van der Waals surface area contributed by atoms with Gasteiger partial charge in [0.2, 0.25) is 0 Å². The molecule has 1 aromatic rings. The Hall–Kier alpha value is -0.910. The standard InChI is InChI=1S/C16H29N3O2/c1-4-15-14(12-17-13-6-7-13)16(5-2)19(18-15)8-9-21-11-10-20-3/h13,17H,4-12H2,1-3H3. The zero-order valence-electron chi connectivity index (χ0n) is 13.7. The zero-order chi connectivity index (χ0) is 15.1. The summed E-state index contributed by atoms with van der Waals surface area (Å²) < 4.78 is 12.7. The number of nitrogens with one attached hydrogen (secondary N) is 1. The fourth-order valence-corrected chi connectivity index (χ4v) is 2.59. The van der Waals surface area contributed by atoms with E-state index < -0.39 is 0 Å². The minimum Gasteiger partial charge on any atom is -0.382 e. The average molecular weight is 295 g/mol. The molecule has 0 spiro atoms. The van der Waals surface area contributed by atoms with E-state index in [2.05, 4.69) is 23.8 Å². The molecule has 2 rings (SSSR count). The Balaban J connectivity index is 1.94. The maximum atomic E-state index is 5.57. The number of nitrogens with zero attached hydrogens (tertiary/aromatic N) is 2. The number of methoxy groups -OCH3 is 1. The van der Waals surface area contributed by atoms with Gasteiger partial charge in [0.1, 0.15) is 0 Å². The molecule has 1 fully saturated rings. The number of ether oxygens (including phenoxy) is 2. The highest BCUT2D eigenvalue weighted by Crippen LogP contribution is 2.22. The molecule has 21 heavy (non-hydrogen) atoms. The molecule has 5 nitrogen and oxygen atoms in total. The predicted octanol–water partition coefficient (Wildman–Crippen LogP) is 1.92. The minimum absolute atomic E-state index is 0.649. The van der Waals surface area contributed by atoms with Crippen molar-refractivity contribution < 1.29 is 9.47 Å². The smallest absolute Gasteiger partial charge is 0.0701 e. The third kappa shape index (κ3) is 4.80. The predicted molar refractivity (Wildman–Crippen MR) is 83.5 cm³/mol. The zero-order valence-corrected chi connectivity index (χ0v) is 13.7. The molecule has 0 atom stereocenters. The van der Waals surface area contributed by atoms with E-state index in [4.69, 9.17) is 14.6 Å². The Labute approximate surface area is 128 Å². The molecule has 0 amide bonds. The molecule has 1 heterocycles. The number of hydrogen-bond acceptors (Lipinski definition) is 4. The number of hydrogen-bond donors (Lipinski definition) is 1. The Kier molecular flexibility index (Phi) is 6.67. The van der Waals surface area contributed by atoms with Crippen LogP contribution >= 0.6 is 0 Å². The van der Waals surface area contributed by atoms with Gasteiger partial charge in [-0.25, -0.2) is 0 Å². The lowest BCUT2D eigenvalue weighted by molar-refractivity contribution is 0.0651. The molecule has 1 N–H and O–H groups in total. The summed E-state index contributed by atoms with van der Waals surface area (Å²) in [6.07, 6.45) is 4.66. The molecule has 0 bridgehead atoms. The van der Waals surface area contributed by atoms with Gasteiger partial charge in [-0.05, 0) is 25.7 Å². The average Bonchev–Trinajstić information content (AvgIpc) is 3.26. The molecule has 120 valence electrons. The van der Waals surface area contributed by atoms with Crippen LogP contribution in [0.25, 0.3) is 0 Å². The Morgan fingerprint density at radius 2 is 2.00 bits per heavy atom. The summed E-state index contributed by atoms with van der Waals surface area (Å²) >= 11 is 0. The van der Waals surface area contributed by atoms with Crippen molar-refractivity contribution in [2.45, 2.75) is 58.7 Å². The van der Waals surface area contributed by atoms with Gasteiger partial charge in [-0.2, -0.15) is 5.10 Å². The maximum Gasteiger partial charge on any atom is 0.0701 e. The van der Waals surface area contributed by atoms with Crippen LogP contribution in [-0.2, 0) is 35.4 Å². The summed E-state index contributed by atoms with van der Waals surface area (Å²) in [6.45, 7) is 8.16. The fraction of sp³-hybridized carbons (Fsp3) is 0.812. The highest BCUT2D eigenvalue weighted by molar-refractivity contribution is 5.27. The van der Waals surface area contributed by atoms with Crippen LogP contribution in [-0.4, -0.2) is 42.8 Å². The van der Waals surface area contributed by atoms with Crippen molar-refractivity contribution in [2.24, 2.45) is 0 Å². The van der Waals surface area contributed by atoms with Gasteiger partial charge in [0.15, 0.2) is 0 Å². The van der Waals surface area contributed by atoms with E-state index in [0.29, 0.717) is 19.8 Å². The molecule has 5 heteroatoms. The monoisotopic (exact) mass is 295 g/mol. The molecular formula is C16H29N3O2. The van der Waals surface area contributed by atoms with Gasteiger partial charge < -0.3 is 14.8 Å². The summed E-state index contributed by atoms with van der Waals surface area (Å²) in [5, 5.41) is 8.40. The van der Waals surface area contributed by atoms with Crippen LogP contribution in [0.2, 0.25) is 0 Å². The number of aromatic nitrogens is 2. The van der Waals surface area contributed by atoms with E-state index in [1.807, 2.05) is 0 Å². The first kappa shape index (κ1) is 16.5. The second kappa shape index (κ2) is 8.51. The third-order valence-electron chi connectivity index (χ3n) is 3.94. The molecule has 0 saturated heterocycles. The normalized spacial score (nSPS) is 14.8. The molecular weight excluding hydrogens is 266 g/mol. The molecule has 1 aromatic heterocycles. The third-order valence-corrected chi connectivity index (χ3v) is 3.94. The molecule has 0 unspecified atom stereocenters. The van der Waals surface area contributed by atoms with Crippen molar-refractivity contribution in [3.05, 3.63) is 17.0 Å². The van der Waals surface area contributed by atoms with E-state index >= 15 is 0 Å². The van der Waals surface area contributed by atoms with Crippen molar-refractivity contribution >= 4 is 0 Å². The Morgan fingerprint density at radius 3 is 2.62 bits per heavy atom. The molecule has 1 aliphatic carbocycles. The first-order valence-corrected chi connectivity index (χ1v) is 8.17. The summed E-state index contributed by atoms with van der Waals surface area (Å²) in [5.74, 6) is 0. The van der Waals surface area contributed by atoms with Gasteiger partial charge in [0.25, 0.3) is 0 Å². The highest BCUT2D eigenvalue weighted by atomic mass is 16.5. The van der Waals surface area contributed by atoms with Gasteiger partial charge in [-0.3, -0.25) is 4.68 Å². The van der Waals surface area contributed by atoms with Crippen molar-refractivity contribution in [1.82, 2.24) is 15.1 Å². The van der Waals surface area contributed by atoms with Gasteiger partial charge in [0, 0.05) is 31.0 Å². The van der Waals surface area contributed by atoms with Crippen molar-refractivity contribution in [1.29, 1.82) is 0 Å². The van der Waals surface area contributed by atoms with Gasteiger partial charge >= 0.3 is 0 Å². The van der Waals surface area contributed by atoms with E-state index in [0.717, 1.165) is 32.0 Å². The first-order valence-electron chi connectivity index (χ1n) is 8.17. The highest BCUT2D eigenvalue weighted by Gasteiger charge is 2.22. The van der Waals surface area contributed by atoms with Crippen LogP contribution in [0, 0.1) is 0 Å². The minimum atomic E-state index is 0.649. The Morgan fingerprint density at radius 1 is 1.19 bits per heavy atom. The van der Waals surface area contributed by atoms with Gasteiger partial charge in [-0.15, -0.1) is 0 Å². The van der Waals surface area contributed by atoms with Crippen molar-refractivity contribution in [3.8, 4) is 0 Å². The first-order chi connectivity index (χ1) is 10.3. The quantitative estimate of drug-likeness (QED) is 0.634. The molecule has 0 aromatic carbocycles. The van der Waals surface area contributed by atoms with Crippen LogP contribution in [0.15, 0.2) is 0 Å². The van der Waals surface area contributed by atoms with Crippen molar-refractivity contribution in [3.63, 3.8) is 0 Å². The lowest BCUT2D eigenvalue weighted by atomic mass is 10.1. The van der Waals surface area contributed by atoms with Gasteiger partial charge in [0.05, 0.1) is 32.1 Å². The van der Waals surface area contributed by atoms with Crippen LogP contribution < -0.4 is 5.32 Å². The topological polar surface area (TPSA) is 48.3 Å². The molecule has 1 saturated carbocycles. The maximum absolute atomic E-state index is 5.57. The lowest BCUT2D eigenvalue weighted by Gasteiger charge is -2.09. The van der Waals surface area contributed by atoms with E-state index in [9.17, 15) is 0 Å². The summed E-state index contributed by atoms with van der Waals surface area (Å²) in [5.41, 5.74) is 4.00. The molecule has 0 aliphatic heterocycles. The second-order valence-corrected chi connectivity index (χ2v) is 5.56. The van der Waals surface area contributed by atoms with E-state index in [-0.39, 0.29) is 0 Å². The largest absolute Gasteiger partial charge is 0.382 e. The number of rotatable bonds is 11. The van der Waals surface area contributed by atoms with Crippen LogP contribution in [0.1, 0.15) is 43.6 Å². The van der Waals surface area contributed by atoms with Crippen LogP contribution in [0.4, 0.5) is 0 Å². The van der Waals surface area contributed by atoms with E-state index in [1.54, 1.807) is 7.11 Å². The SMILES string of the molecule is CCc1nn(CCOCCOC)c(CC)c1CNC1CC1. The summed E-state index contributed by atoms with van der Waals surface area (Å²) in [4.78, 5) is 0. The summed E-state index contributed by atoms with van der Waals surface area (Å²) in [6, 6.07) is 0.736. The lowest BCUT2D eigenvalue weighted by Crippen LogP contribution is -2.17. The second-order valence-electron chi connectivity index (χ2n) is 5.56. The fourth-order valence-electron chi connectivity index (χ4n) is 2.59. The molecule has 0 radical (unpaired) electrons. The number of aryl methyl sites for hydroxylation is 1. The van der Waals surface area contributed by atoms with Crippen molar-refractivity contribution in [2.75, 3.05) is 26.9 Å². The Bertz CT molecular complexity index is 427. The van der Waals surface area contributed by atoms with E-state index in [1.165, 1.54) is 29.8 Å². The van der Waals surface area contributed by atoms with Gasteiger partial charge in [-0.1, -0.05) is 13.8 Å². The van der Waals surface area contributed by atoms with Crippen LogP contribution in [0.5, 0.6) is 0 Å². The van der Waals surface area contributed by atoms with Crippen LogP contribution in [0.3, 0.4) is 0 Å². The summed E-state index contributed by atoms with van der Waals surface area (Å²) in [7, 11) is 1.69. The molecule has 1 aliphatic rings.